The van der Waals surface area contributed by atoms with Gasteiger partial charge in [-0.25, -0.2) is 4.98 Å². The summed E-state index contributed by atoms with van der Waals surface area (Å²) in [6, 6.07) is 12.2. The van der Waals surface area contributed by atoms with Crippen LogP contribution in [0, 0.1) is 0 Å². The Kier molecular flexibility index (Phi) is 5.64. The smallest absolute Gasteiger partial charge is 0.209 e. The van der Waals surface area contributed by atoms with Gasteiger partial charge in [-0.1, -0.05) is 56.8 Å². The fraction of sp³-hybridized carbons (Fsp3) is 0. The molecule has 7 heteroatoms. The highest BCUT2D eigenvalue weighted by atomic mass is 79.9. The van der Waals surface area contributed by atoms with Crippen molar-refractivity contribution in [2.45, 2.75) is 0 Å². The molecule has 0 saturated heterocycles. The zero-order valence-corrected chi connectivity index (χ0v) is 16.4. The molecule has 2 aromatic carbocycles. The molecule has 0 spiro atoms. The predicted molar refractivity (Wildman–Crippen MR) is 106 cm³/mol. The number of aromatic nitrogens is 2. The van der Waals surface area contributed by atoms with E-state index < -0.39 is 0 Å². The van der Waals surface area contributed by atoms with Crippen molar-refractivity contribution in [1.29, 1.82) is 0 Å². The van der Waals surface area contributed by atoms with Gasteiger partial charge in [-0.05, 0) is 48.0 Å². The average Bonchev–Trinajstić information content (AvgIpc) is 3.00. The zero-order chi connectivity index (χ0) is 18.0. The maximum absolute atomic E-state index is 13.0. The van der Waals surface area contributed by atoms with Gasteiger partial charge in [0, 0.05) is 26.3 Å². The van der Waals surface area contributed by atoms with Crippen molar-refractivity contribution in [1.82, 2.24) is 9.55 Å². The van der Waals surface area contributed by atoms with Crippen LogP contribution in [0.2, 0.25) is 15.2 Å². The molecule has 0 aliphatic heterocycles. The Morgan fingerprint density at radius 2 is 1.80 bits per heavy atom. The third-order valence-electron chi connectivity index (χ3n) is 3.42. The number of hydrogen-bond donors (Lipinski definition) is 0. The van der Waals surface area contributed by atoms with Crippen LogP contribution in [0.15, 0.2) is 59.5 Å². The number of ketones is 1. The second kappa shape index (κ2) is 7.75. The van der Waals surface area contributed by atoms with E-state index in [9.17, 15) is 4.79 Å². The van der Waals surface area contributed by atoms with Crippen molar-refractivity contribution < 1.29 is 4.79 Å². The Labute approximate surface area is 168 Å². The molecule has 0 bridgehead atoms. The van der Waals surface area contributed by atoms with E-state index in [0.29, 0.717) is 26.9 Å². The highest BCUT2D eigenvalue weighted by Crippen LogP contribution is 2.26. The molecular formula is C18H10BrCl3N2O. The summed E-state index contributed by atoms with van der Waals surface area (Å²) in [5, 5.41) is 1.25. The van der Waals surface area contributed by atoms with Crippen LogP contribution in [0.25, 0.3) is 11.8 Å². The predicted octanol–water partition coefficient (Wildman–Crippen LogP) is 6.49. The van der Waals surface area contributed by atoms with Crippen molar-refractivity contribution in [3.63, 3.8) is 0 Å². The molecule has 0 aliphatic carbocycles. The number of carbonyl (C=O) groups excluding carboxylic acids is 1. The first-order chi connectivity index (χ1) is 11.9. The van der Waals surface area contributed by atoms with Crippen LogP contribution in [0.5, 0.6) is 0 Å². The summed E-state index contributed by atoms with van der Waals surface area (Å²) in [4.78, 5) is 17.0. The van der Waals surface area contributed by atoms with E-state index in [2.05, 4.69) is 20.9 Å². The number of benzene rings is 2. The van der Waals surface area contributed by atoms with Crippen LogP contribution >= 0.6 is 50.7 Å². The average molecular weight is 457 g/mol. The van der Waals surface area contributed by atoms with Crippen LogP contribution in [-0.2, 0) is 0 Å². The summed E-state index contributed by atoms with van der Waals surface area (Å²) < 4.78 is 2.46. The SMILES string of the molecule is O=C(/C(=C/c1ccc(Cl)cc1Cl)n1cnc(Cl)c1)c1ccc(Br)cc1. The fourth-order valence-electron chi connectivity index (χ4n) is 2.20. The van der Waals surface area contributed by atoms with E-state index in [4.69, 9.17) is 34.8 Å². The van der Waals surface area contributed by atoms with E-state index in [1.54, 1.807) is 59.3 Å². The molecule has 3 aromatic rings. The Morgan fingerprint density at radius 3 is 2.40 bits per heavy atom. The number of carbonyl (C=O) groups is 1. The summed E-state index contributed by atoms with van der Waals surface area (Å²) in [6.07, 6.45) is 4.73. The Hall–Kier alpha value is -1.59. The molecule has 3 rings (SSSR count). The quantitative estimate of drug-likeness (QED) is 0.332. The van der Waals surface area contributed by atoms with Crippen molar-refractivity contribution in [2.75, 3.05) is 0 Å². The summed E-state index contributed by atoms with van der Waals surface area (Å²) in [5.74, 6) is -0.187. The highest BCUT2D eigenvalue weighted by Gasteiger charge is 2.16. The summed E-state index contributed by atoms with van der Waals surface area (Å²) >= 11 is 21.5. The highest BCUT2D eigenvalue weighted by molar-refractivity contribution is 9.10. The van der Waals surface area contributed by atoms with Gasteiger partial charge in [-0.3, -0.25) is 4.79 Å². The Bertz CT molecular complexity index is 965. The van der Waals surface area contributed by atoms with Crippen molar-refractivity contribution in [3.05, 3.63) is 85.8 Å². The van der Waals surface area contributed by atoms with Crippen LogP contribution in [0.4, 0.5) is 0 Å². The first-order valence-electron chi connectivity index (χ1n) is 7.11. The maximum Gasteiger partial charge on any atom is 0.209 e. The lowest BCUT2D eigenvalue weighted by Crippen LogP contribution is -2.08. The van der Waals surface area contributed by atoms with Crippen LogP contribution in [0.1, 0.15) is 15.9 Å². The first kappa shape index (κ1) is 18.2. The van der Waals surface area contributed by atoms with Gasteiger partial charge < -0.3 is 4.57 Å². The number of allylic oxidation sites excluding steroid dienone is 1. The molecule has 0 atom stereocenters. The van der Waals surface area contributed by atoms with E-state index in [0.717, 1.165) is 4.47 Å². The summed E-state index contributed by atoms with van der Waals surface area (Å²) in [6.45, 7) is 0. The Balaban J connectivity index is 2.11. The molecule has 126 valence electrons. The number of hydrogen-bond acceptors (Lipinski definition) is 2. The summed E-state index contributed by atoms with van der Waals surface area (Å²) in [5.41, 5.74) is 1.56. The van der Waals surface area contributed by atoms with Crippen LogP contribution < -0.4 is 0 Å². The van der Waals surface area contributed by atoms with Crippen LogP contribution in [0.3, 0.4) is 0 Å². The second-order valence-corrected chi connectivity index (χ2v) is 7.28. The van der Waals surface area contributed by atoms with Gasteiger partial charge in [0.1, 0.15) is 11.5 Å². The number of nitrogens with zero attached hydrogens (tertiary/aromatic N) is 2. The van der Waals surface area contributed by atoms with Crippen molar-refractivity contribution >= 4 is 68.3 Å². The molecule has 0 amide bonds. The van der Waals surface area contributed by atoms with Gasteiger partial charge in [-0.15, -0.1) is 0 Å². The fourth-order valence-corrected chi connectivity index (χ4v) is 3.08. The molecule has 3 nitrogen and oxygen atoms in total. The lowest BCUT2D eigenvalue weighted by molar-refractivity contribution is 0.105. The van der Waals surface area contributed by atoms with E-state index >= 15 is 0 Å². The number of imidazole rings is 1. The molecule has 0 aliphatic rings. The third kappa shape index (κ3) is 4.33. The molecule has 0 radical (unpaired) electrons. The summed E-state index contributed by atoms with van der Waals surface area (Å²) in [7, 11) is 0. The molecule has 1 aromatic heterocycles. The van der Waals surface area contributed by atoms with E-state index in [1.165, 1.54) is 6.33 Å². The first-order valence-corrected chi connectivity index (χ1v) is 9.03. The normalized spacial score (nSPS) is 11.6. The van der Waals surface area contributed by atoms with Gasteiger partial charge in [-0.2, -0.15) is 0 Å². The number of Topliss-reactive ketones (excluding diaryl/α,β-unsaturated/α-hetero) is 1. The molecule has 0 fully saturated rings. The number of halogens is 4. The third-order valence-corrected chi connectivity index (χ3v) is 4.71. The topological polar surface area (TPSA) is 34.9 Å². The molecule has 25 heavy (non-hydrogen) atoms. The van der Waals surface area contributed by atoms with Gasteiger partial charge >= 0.3 is 0 Å². The van der Waals surface area contributed by atoms with Gasteiger partial charge in [0.05, 0.1) is 5.70 Å². The minimum Gasteiger partial charge on any atom is -0.301 e. The van der Waals surface area contributed by atoms with Crippen LogP contribution in [-0.4, -0.2) is 15.3 Å². The molecular weight excluding hydrogens is 446 g/mol. The minimum atomic E-state index is -0.187. The maximum atomic E-state index is 13.0. The monoisotopic (exact) mass is 454 g/mol. The van der Waals surface area contributed by atoms with Crippen molar-refractivity contribution in [2.24, 2.45) is 0 Å². The lowest BCUT2D eigenvalue weighted by Gasteiger charge is -2.09. The Morgan fingerprint density at radius 1 is 1.08 bits per heavy atom. The molecule has 0 unspecified atom stereocenters. The van der Waals surface area contributed by atoms with Gasteiger partial charge in [0.2, 0.25) is 5.78 Å². The van der Waals surface area contributed by atoms with Crippen molar-refractivity contribution in [3.8, 4) is 0 Å². The second-order valence-electron chi connectivity index (χ2n) is 5.14. The molecule has 0 saturated carbocycles. The molecule has 1 heterocycles. The zero-order valence-electron chi connectivity index (χ0n) is 12.6. The minimum absolute atomic E-state index is 0.187. The van der Waals surface area contributed by atoms with E-state index in [-0.39, 0.29) is 10.9 Å². The lowest BCUT2D eigenvalue weighted by atomic mass is 10.1. The largest absolute Gasteiger partial charge is 0.301 e. The van der Waals surface area contributed by atoms with E-state index in [1.807, 2.05) is 0 Å². The standard InChI is InChI=1S/C18H10BrCl3N2O/c19-13-4-1-11(2-5-13)18(25)16(24-9-17(22)23-10-24)7-12-3-6-14(20)8-15(12)21/h1-10H/b16-7-. The van der Waals surface area contributed by atoms with Gasteiger partial charge in [0.15, 0.2) is 0 Å². The van der Waals surface area contributed by atoms with Gasteiger partial charge in [0.25, 0.3) is 0 Å². The molecule has 0 N–H and O–H groups in total. The number of rotatable bonds is 4.